The second-order valence-corrected chi connectivity index (χ2v) is 5.09. The fraction of sp³-hybridized carbons (Fsp3) is 0.429. The molecule has 0 aliphatic carbocycles. The van der Waals surface area contributed by atoms with Crippen LogP contribution in [0.1, 0.15) is 18.0 Å². The fourth-order valence-corrected chi connectivity index (χ4v) is 2.68. The van der Waals surface area contributed by atoms with Crippen molar-refractivity contribution in [1.82, 2.24) is 10.2 Å². The molecule has 0 radical (unpaired) electrons. The lowest BCUT2D eigenvalue weighted by atomic mass is 10.00. The van der Waals surface area contributed by atoms with Crippen LogP contribution in [-0.2, 0) is 0 Å². The highest BCUT2D eigenvalue weighted by molar-refractivity contribution is 6.30. The molecule has 0 bridgehead atoms. The second-order valence-electron chi connectivity index (χ2n) is 4.65. The van der Waals surface area contributed by atoms with Crippen LogP contribution in [0.4, 0.5) is 4.39 Å². The minimum Gasteiger partial charge on any atom is -0.505 e. The maximum Gasteiger partial charge on any atom is 0.166 e. The van der Waals surface area contributed by atoms with Gasteiger partial charge in [0.1, 0.15) is 0 Å². The summed E-state index contributed by atoms with van der Waals surface area (Å²) in [5.41, 5.74) is 0.534. The number of halogens is 4. The van der Waals surface area contributed by atoms with Gasteiger partial charge in [-0.25, -0.2) is 4.39 Å². The molecule has 0 saturated carbocycles. The number of piperazine rings is 1. The summed E-state index contributed by atoms with van der Waals surface area (Å²) >= 11 is 5.90. The summed E-state index contributed by atoms with van der Waals surface area (Å²) in [6.07, 6.45) is 2.43. The lowest BCUT2D eigenvalue weighted by Crippen LogP contribution is -2.45. The summed E-state index contributed by atoms with van der Waals surface area (Å²) in [4.78, 5) is 2.21. The van der Waals surface area contributed by atoms with Crippen LogP contribution in [-0.4, -0.2) is 36.2 Å². The van der Waals surface area contributed by atoms with Crippen molar-refractivity contribution in [3.05, 3.63) is 41.2 Å². The van der Waals surface area contributed by atoms with Crippen molar-refractivity contribution < 1.29 is 9.50 Å². The van der Waals surface area contributed by atoms with Crippen molar-refractivity contribution >= 4 is 36.4 Å². The van der Waals surface area contributed by atoms with Crippen LogP contribution in [0.5, 0.6) is 5.75 Å². The molecular formula is C14H20Cl3FN2O. The predicted octanol–water partition coefficient (Wildman–Crippen LogP) is 3.55. The standard InChI is InChI=1S/C14H18ClFN2O.2ClH/c1-2-3-13(18-6-4-17-5-7-18)11-8-10(15)9-12(16)14(11)19;;/h2,8-9,13,17,19H,1,3-7H2;2*1H/t13-;;/m1../s1. The Bertz CT molecular complexity index is 468. The molecule has 2 rings (SSSR count). The molecule has 3 nitrogen and oxygen atoms in total. The SMILES string of the molecule is C=CC[C@H](c1cc(Cl)cc(F)c1O)N1CCNCC1.Cl.Cl. The number of aromatic hydroxyl groups is 1. The van der Waals surface area contributed by atoms with Gasteiger partial charge in [-0.2, -0.15) is 0 Å². The van der Waals surface area contributed by atoms with E-state index in [-0.39, 0.29) is 36.6 Å². The zero-order chi connectivity index (χ0) is 13.8. The normalized spacial score (nSPS) is 16.5. The van der Waals surface area contributed by atoms with Gasteiger partial charge >= 0.3 is 0 Å². The first-order chi connectivity index (χ1) is 9.13. The van der Waals surface area contributed by atoms with E-state index in [1.165, 1.54) is 0 Å². The topological polar surface area (TPSA) is 35.5 Å². The molecule has 2 N–H and O–H groups in total. The van der Waals surface area contributed by atoms with Crippen LogP contribution >= 0.6 is 36.4 Å². The molecule has 21 heavy (non-hydrogen) atoms. The molecule has 1 aliphatic heterocycles. The maximum absolute atomic E-state index is 13.6. The number of hydrogen-bond donors (Lipinski definition) is 2. The average molecular weight is 358 g/mol. The molecule has 1 aromatic rings. The van der Waals surface area contributed by atoms with E-state index in [1.54, 1.807) is 12.1 Å². The van der Waals surface area contributed by atoms with Crippen LogP contribution in [0.25, 0.3) is 0 Å². The molecule has 1 aromatic carbocycles. The van der Waals surface area contributed by atoms with Crippen molar-refractivity contribution in [2.75, 3.05) is 26.2 Å². The van der Waals surface area contributed by atoms with Gasteiger partial charge in [-0.1, -0.05) is 17.7 Å². The predicted molar refractivity (Wildman–Crippen MR) is 89.6 cm³/mol. The van der Waals surface area contributed by atoms with Gasteiger partial charge in [-0.05, 0) is 18.6 Å². The molecule has 0 spiro atoms. The van der Waals surface area contributed by atoms with Crippen LogP contribution in [0.3, 0.4) is 0 Å². The molecule has 1 fully saturated rings. The highest BCUT2D eigenvalue weighted by Crippen LogP contribution is 2.35. The lowest BCUT2D eigenvalue weighted by molar-refractivity contribution is 0.171. The zero-order valence-electron chi connectivity index (χ0n) is 11.5. The van der Waals surface area contributed by atoms with E-state index in [1.807, 2.05) is 0 Å². The third kappa shape index (κ3) is 5.01. The molecular weight excluding hydrogens is 338 g/mol. The van der Waals surface area contributed by atoms with Gasteiger partial charge < -0.3 is 10.4 Å². The van der Waals surface area contributed by atoms with E-state index in [4.69, 9.17) is 11.6 Å². The van der Waals surface area contributed by atoms with Gasteiger partial charge in [0, 0.05) is 42.8 Å². The van der Waals surface area contributed by atoms with Crippen LogP contribution < -0.4 is 5.32 Å². The first kappa shape index (κ1) is 20.5. The van der Waals surface area contributed by atoms with E-state index in [0.29, 0.717) is 17.0 Å². The largest absolute Gasteiger partial charge is 0.505 e. The monoisotopic (exact) mass is 356 g/mol. The quantitative estimate of drug-likeness (QED) is 0.809. The number of benzene rings is 1. The van der Waals surface area contributed by atoms with Gasteiger partial charge in [-0.3, -0.25) is 4.90 Å². The molecule has 0 unspecified atom stereocenters. The summed E-state index contributed by atoms with van der Waals surface area (Å²) in [6.45, 7) is 7.22. The third-order valence-corrected chi connectivity index (χ3v) is 3.62. The Morgan fingerprint density at radius 3 is 2.57 bits per heavy atom. The summed E-state index contributed by atoms with van der Waals surface area (Å²) in [5, 5.41) is 13.5. The van der Waals surface area contributed by atoms with Gasteiger partial charge in [-0.15, -0.1) is 31.4 Å². The molecule has 0 aromatic heterocycles. The van der Waals surface area contributed by atoms with E-state index in [9.17, 15) is 9.50 Å². The Morgan fingerprint density at radius 2 is 2.00 bits per heavy atom. The molecule has 1 atom stereocenters. The first-order valence-corrected chi connectivity index (χ1v) is 6.75. The van der Waals surface area contributed by atoms with Crippen molar-refractivity contribution in [1.29, 1.82) is 0 Å². The van der Waals surface area contributed by atoms with Crippen molar-refractivity contribution in [3.8, 4) is 5.75 Å². The summed E-state index contributed by atoms with van der Waals surface area (Å²) in [6, 6.07) is 2.67. The zero-order valence-corrected chi connectivity index (χ0v) is 13.9. The van der Waals surface area contributed by atoms with Crippen molar-refractivity contribution in [2.24, 2.45) is 0 Å². The van der Waals surface area contributed by atoms with Crippen molar-refractivity contribution in [3.63, 3.8) is 0 Å². The molecule has 1 heterocycles. The number of rotatable bonds is 4. The van der Waals surface area contributed by atoms with E-state index in [0.717, 1.165) is 32.2 Å². The molecule has 120 valence electrons. The Hall–Kier alpha value is -0.520. The number of nitrogens with zero attached hydrogens (tertiary/aromatic N) is 1. The van der Waals surface area contributed by atoms with Crippen LogP contribution in [0.2, 0.25) is 5.02 Å². The lowest BCUT2D eigenvalue weighted by Gasteiger charge is -2.35. The number of phenols is 1. The minimum atomic E-state index is -0.674. The number of nitrogens with one attached hydrogen (secondary N) is 1. The first-order valence-electron chi connectivity index (χ1n) is 6.37. The number of phenolic OH excluding ortho intramolecular Hbond substituents is 1. The van der Waals surface area contributed by atoms with Crippen LogP contribution in [0.15, 0.2) is 24.8 Å². The van der Waals surface area contributed by atoms with Crippen molar-refractivity contribution in [2.45, 2.75) is 12.5 Å². The Kier molecular flexibility index (Phi) is 9.25. The summed E-state index contributed by atoms with van der Waals surface area (Å²) in [5.74, 6) is -0.985. The molecule has 1 aliphatic rings. The van der Waals surface area contributed by atoms with Gasteiger partial charge in [0.2, 0.25) is 0 Å². The Labute approximate surface area is 142 Å². The molecule has 1 saturated heterocycles. The van der Waals surface area contributed by atoms with Gasteiger partial charge in [0.15, 0.2) is 11.6 Å². The Balaban J connectivity index is 0.00000200. The summed E-state index contributed by atoms with van der Waals surface area (Å²) in [7, 11) is 0. The van der Waals surface area contributed by atoms with Gasteiger partial charge in [0.05, 0.1) is 0 Å². The van der Waals surface area contributed by atoms with E-state index < -0.39 is 5.82 Å². The smallest absolute Gasteiger partial charge is 0.166 e. The maximum atomic E-state index is 13.6. The minimum absolute atomic E-state index is 0. The highest BCUT2D eigenvalue weighted by Gasteiger charge is 2.25. The molecule has 7 heteroatoms. The van der Waals surface area contributed by atoms with Gasteiger partial charge in [0.25, 0.3) is 0 Å². The van der Waals surface area contributed by atoms with E-state index >= 15 is 0 Å². The molecule has 0 amide bonds. The highest BCUT2D eigenvalue weighted by atomic mass is 35.5. The third-order valence-electron chi connectivity index (χ3n) is 3.40. The van der Waals surface area contributed by atoms with E-state index in [2.05, 4.69) is 16.8 Å². The second kappa shape index (κ2) is 9.49. The van der Waals surface area contributed by atoms with Crippen LogP contribution in [0, 0.1) is 5.82 Å². The Morgan fingerprint density at radius 1 is 1.38 bits per heavy atom. The average Bonchev–Trinajstić information content (AvgIpc) is 2.41. The summed E-state index contributed by atoms with van der Waals surface area (Å²) < 4.78 is 13.6. The fourth-order valence-electron chi connectivity index (χ4n) is 2.46. The number of hydrogen-bond acceptors (Lipinski definition) is 3.